The predicted molar refractivity (Wildman–Crippen MR) is 140 cm³/mol. The van der Waals surface area contributed by atoms with Gasteiger partial charge in [-0.25, -0.2) is 4.79 Å². The van der Waals surface area contributed by atoms with Gasteiger partial charge >= 0.3 is 5.97 Å². The van der Waals surface area contributed by atoms with Gasteiger partial charge in [-0.15, -0.1) is 0 Å². The van der Waals surface area contributed by atoms with Gasteiger partial charge in [-0.2, -0.15) is 0 Å². The van der Waals surface area contributed by atoms with Crippen LogP contribution < -0.4 is 4.74 Å². The van der Waals surface area contributed by atoms with Crippen LogP contribution in [0.25, 0.3) is 0 Å². The molecular weight excluding hydrogens is 450 g/mol. The van der Waals surface area contributed by atoms with Crippen molar-refractivity contribution in [3.05, 3.63) is 102 Å². The molecule has 0 aromatic heterocycles. The van der Waals surface area contributed by atoms with Crippen molar-refractivity contribution in [3.8, 4) is 5.75 Å². The molecule has 0 aliphatic heterocycles. The maximum absolute atomic E-state index is 13.7. The first kappa shape index (κ1) is 24.5. The molecule has 4 atom stereocenters. The Morgan fingerprint density at radius 1 is 0.917 bits per heavy atom. The van der Waals surface area contributed by atoms with Gasteiger partial charge in [-0.1, -0.05) is 78.9 Å². The van der Waals surface area contributed by atoms with E-state index >= 15 is 0 Å². The van der Waals surface area contributed by atoms with Crippen LogP contribution in [0.2, 0.25) is 0 Å². The number of aliphatic hydroxyl groups is 1. The zero-order chi connectivity index (χ0) is 25.0. The fourth-order valence-corrected chi connectivity index (χ4v) is 6.08. The van der Waals surface area contributed by atoms with E-state index in [2.05, 4.69) is 11.9 Å². The van der Waals surface area contributed by atoms with Crippen LogP contribution in [0.15, 0.2) is 91.0 Å². The van der Waals surface area contributed by atoms with Crippen LogP contribution in [-0.4, -0.2) is 48.3 Å². The number of carbonyl (C=O) groups is 1. The van der Waals surface area contributed by atoms with Crippen molar-refractivity contribution in [2.24, 2.45) is 11.8 Å². The van der Waals surface area contributed by atoms with E-state index in [9.17, 15) is 9.90 Å². The van der Waals surface area contributed by atoms with Crippen molar-refractivity contribution in [1.82, 2.24) is 4.90 Å². The van der Waals surface area contributed by atoms with E-state index in [4.69, 9.17) is 9.47 Å². The lowest BCUT2D eigenvalue weighted by Crippen LogP contribution is -2.43. The quantitative estimate of drug-likeness (QED) is 0.322. The summed E-state index contributed by atoms with van der Waals surface area (Å²) in [6.45, 7) is 1.61. The maximum Gasteiger partial charge on any atom is 0.347 e. The van der Waals surface area contributed by atoms with Crippen LogP contribution in [0.3, 0.4) is 0 Å². The van der Waals surface area contributed by atoms with E-state index in [1.807, 2.05) is 66.7 Å². The standard InChI is InChI=1S/C31H35NO4/c1-32(20-11-21-35-26-16-9-4-10-17-26)28-22-23-18-19-27(28)29(23)36-30(33)31(34,24-12-5-2-6-13-24)25-14-7-3-8-15-25/h2-10,12-17,23,27-29,34H,11,18-22H2,1H3. The average Bonchev–Trinajstić information content (AvgIpc) is 3.48. The number of rotatable bonds is 10. The minimum atomic E-state index is -1.83. The molecule has 4 unspecified atom stereocenters. The smallest absolute Gasteiger partial charge is 0.347 e. The first-order chi connectivity index (χ1) is 17.6. The van der Waals surface area contributed by atoms with Gasteiger partial charge in [0, 0.05) is 18.5 Å². The summed E-state index contributed by atoms with van der Waals surface area (Å²) in [6.07, 6.45) is 3.91. The fourth-order valence-electron chi connectivity index (χ4n) is 6.08. The molecule has 5 heteroatoms. The van der Waals surface area contributed by atoms with E-state index in [1.165, 1.54) is 0 Å². The lowest BCUT2D eigenvalue weighted by molar-refractivity contribution is -0.170. The summed E-state index contributed by atoms with van der Waals surface area (Å²) in [5.74, 6) is 0.940. The molecule has 2 fully saturated rings. The summed E-state index contributed by atoms with van der Waals surface area (Å²) in [6, 6.07) is 28.5. The Kier molecular flexibility index (Phi) is 7.40. The van der Waals surface area contributed by atoms with Crippen LogP contribution >= 0.6 is 0 Å². The second-order valence-electron chi connectivity index (χ2n) is 10.1. The van der Waals surface area contributed by atoms with Gasteiger partial charge in [0.2, 0.25) is 5.60 Å². The van der Waals surface area contributed by atoms with Gasteiger partial charge in [0.1, 0.15) is 11.9 Å². The molecule has 0 heterocycles. The monoisotopic (exact) mass is 485 g/mol. The number of hydrogen-bond donors (Lipinski definition) is 1. The Balaban J connectivity index is 1.23. The van der Waals surface area contributed by atoms with Gasteiger partial charge < -0.3 is 19.5 Å². The molecule has 5 nitrogen and oxygen atoms in total. The second-order valence-corrected chi connectivity index (χ2v) is 10.1. The second kappa shape index (κ2) is 10.9. The highest BCUT2D eigenvalue weighted by atomic mass is 16.6. The van der Waals surface area contributed by atoms with Gasteiger partial charge in [0.15, 0.2) is 0 Å². The van der Waals surface area contributed by atoms with Crippen molar-refractivity contribution in [2.75, 3.05) is 20.2 Å². The first-order valence-electron chi connectivity index (χ1n) is 13.0. The summed E-state index contributed by atoms with van der Waals surface area (Å²) in [5, 5.41) is 11.8. The highest BCUT2D eigenvalue weighted by Gasteiger charge is 2.53. The summed E-state index contributed by atoms with van der Waals surface area (Å²) in [5.41, 5.74) is -0.780. The van der Waals surface area contributed by atoms with Crippen LogP contribution in [0.1, 0.15) is 36.8 Å². The topological polar surface area (TPSA) is 59.0 Å². The Morgan fingerprint density at radius 3 is 2.11 bits per heavy atom. The zero-order valence-electron chi connectivity index (χ0n) is 20.8. The summed E-state index contributed by atoms with van der Waals surface area (Å²) in [4.78, 5) is 16.1. The number of nitrogens with zero attached hydrogens (tertiary/aromatic N) is 1. The van der Waals surface area contributed by atoms with Gasteiger partial charge in [0.05, 0.1) is 6.61 Å². The molecule has 2 aliphatic carbocycles. The zero-order valence-corrected chi connectivity index (χ0v) is 20.8. The number of fused-ring (bicyclic) bond motifs is 2. The first-order valence-corrected chi connectivity index (χ1v) is 13.0. The third kappa shape index (κ3) is 4.91. The molecule has 188 valence electrons. The van der Waals surface area contributed by atoms with E-state index < -0.39 is 11.6 Å². The largest absolute Gasteiger partial charge is 0.494 e. The number of carbonyl (C=O) groups excluding carboxylic acids is 1. The minimum Gasteiger partial charge on any atom is -0.494 e. The molecule has 3 aromatic rings. The van der Waals surface area contributed by atoms with Crippen LogP contribution in [0.5, 0.6) is 5.75 Å². The Bertz CT molecular complexity index is 1080. The molecule has 1 N–H and O–H groups in total. The van der Waals surface area contributed by atoms with Crippen molar-refractivity contribution < 1.29 is 19.4 Å². The molecule has 0 amide bonds. The Labute approximate surface area is 213 Å². The highest BCUT2D eigenvalue weighted by Crippen LogP contribution is 2.49. The number of hydrogen-bond acceptors (Lipinski definition) is 5. The van der Waals surface area contributed by atoms with Crippen molar-refractivity contribution in [2.45, 2.75) is 43.4 Å². The van der Waals surface area contributed by atoms with E-state index in [-0.39, 0.29) is 12.0 Å². The fraction of sp³-hybridized carbons (Fsp3) is 0.387. The lowest BCUT2D eigenvalue weighted by atomic mass is 9.86. The number of para-hydroxylation sites is 1. The summed E-state index contributed by atoms with van der Waals surface area (Å²) < 4.78 is 12.0. The van der Waals surface area contributed by atoms with Gasteiger partial charge in [-0.3, -0.25) is 0 Å². The lowest BCUT2D eigenvalue weighted by Gasteiger charge is -2.32. The molecule has 0 saturated heterocycles. The third-order valence-electron chi connectivity index (χ3n) is 7.95. The average molecular weight is 486 g/mol. The van der Waals surface area contributed by atoms with Crippen molar-refractivity contribution in [1.29, 1.82) is 0 Å². The molecule has 3 aromatic carbocycles. The molecule has 36 heavy (non-hydrogen) atoms. The maximum atomic E-state index is 13.7. The van der Waals surface area contributed by atoms with Crippen LogP contribution in [-0.2, 0) is 15.1 Å². The summed E-state index contributed by atoms with van der Waals surface area (Å²) in [7, 11) is 2.16. The molecule has 5 rings (SSSR count). The number of benzene rings is 3. The Hall–Kier alpha value is -3.15. The summed E-state index contributed by atoms with van der Waals surface area (Å²) >= 11 is 0. The van der Waals surface area contributed by atoms with Crippen LogP contribution in [0, 0.1) is 11.8 Å². The van der Waals surface area contributed by atoms with Gasteiger partial charge in [-0.05, 0) is 61.9 Å². The van der Waals surface area contributed by atoms with E-state index in [0.717, 1.165) is 38.0 Å². The SMILES string of the molecule is CN(CCCOc1ccccc1)C1CC2CCC1C2OC(=O)C(O)(c1ccccc1)c1ccccc1. The molecular formula is C31H35NO4. The number of ether oxygens (including phenoxy) is 2. The molecule has 2 aliphatic rings. The Morgan fingerprint density at radius 2 is 1.50 bits per heavy atom. The molecule has 0 spiro atoms. The van der Waals surface area contributed by atoms with E-state index in [1.54, 1.807) is 24.3 Å². The third-order valence-corrected chi connectivity index (χ3v) is 7.95. The normalized spacial score (nSPS) is 23.1. The highest BCUT2D eigenvalue weighted by molar-refractivity contribution is 5.85. The van der Waals surface area contributed by atoms with E-state index in [0.29, 0.717) is 29.7 Å². The molecule has 2 bridgehead atoms. The van der Waals surface area contributed by atoms with Gasteiger partial charge in [0.25, 0.3) is 0 Å². The molecule has 2 saturated carbocycles. The minimum absolute atomic E-state index is 0.163. The van der Waals surface area contributed by atoms with Crippen LogP contribution in [0.4, 0.5) is 0 Å². The predicted octanol–water partition coefficient (Wildman–Crippen LogP) is 5.03. The van der Waals surface area contributed by atoms with Crippen molar-refractivity contribution >= 4 is 5.97 Å². The number of esters is 1. The van der Waals surface area contributed by atoms with Crippen molar-refractivity contribution in [3.63, 3.8) is 0 Å². The molecule has 0 radical (unpaired) electrons.